The van der Waals surface area contributed by atoms with E-state index < -0.39 is 36.1 Å². The molecular formula is C6H7FN2O4. The average Bonchev–Trinajstić information content (AvgIpc) is 2.12. The van der Waals surface area contributed by atoms with Crippen LogP contribution in [0.3, 0.4) is 0 Å². The predicted molar refractivity (Wildman–Crippen MR) is 39.4 cm³/mol. The number of aromatic nitrogens is 2. The van der Waals surface area contributed by atoms with Gasteiger partial charge in [0.2, 0.25) is 5.82 Å². The highest BCUT2D eigenvalue weighted by Crippen LogP contribution is 1.93. The van der Waals surface area contributed by atoms with E-state index in [1.807, 2.05) is 4.98 Å². The molecule has 0 unspecified atom stereocenters. The van der Waals surface area contributed by atoms with Crippen LogP contribution in [-0.2, 0) is 13.3 Å². The number of hydrogen-bond acceptors (Lipinski definition) is 4. The van der Waals surface area contributed by atoms with Gasteiger partial charge >= 0.3 is 5.69 Å². The summed E-state index contributed by atoms with van der Waals surface area (Å²) in [4.78, 5) is 23.7. The highest BCUT2D eigenvalue weighted by molar-refractivity contribution is 5.01. The number of halogens is 1. The minimum atomic E-state index is -1.27. The zero-order valence-corrected chi connectivity index (χ0v) is 6.45. The van der Waals surface area contributed by atoms with Crippen molar-refractivity contribution in [3.8, 4) is 0 Å². The van der Waals surface area contributed by atoms with Crippen LogP contribution in [0.2, 0.25) is 0 Å². The van der Waals surface area contributed by atoms with E-state index in [1.54, 1.807) is 0 Å². The Morgan fingerprint density at radius 2 is 2.00 bits per heavy atom. The van der Waals surface area contributed by atoms with Crippen LogP contribution in [0.1, 0.15) is 5.69 Å². The Kier molecular flexibility index (Phi) is 2.59. The van der Waals surface area contributed by atoms with Crippen molar-refractivity contribution in [1.82, 2.24) is 9.55 Å². The first-order chi connectivity index (χ1) is 6.11. The van der Waals surface area contributed by atoms with Gasteiger partial charge in [0, 0.05) is 0 Å². The van der Waals surface area contributed by atoms with Gasteiger partial charge in [-0.1, -0.05) is 0 Å². The molecule has 0 amide bonds. The average molecular weight is 190 g/mol. The monoisotopic (exact) mass is 190 g/mol. The summed E-state index contributed by atoms with van der Waals surface area (Å²) in [6.45, 7) is -1.68. The molecule has 0 saturated heterocycles. The molecule has 13 heavy (non-hydrogen) atoms. The lowest BCUT2D eigenvalue weighted by molar-refractivity contribution is 0.194. The molecule has 0 aromatic carbocycles. The van der Waals surface area contributed by atoms with E-state index in [-0.39, 0.29) is 4.57 Å². The van der Waals surface area contributed by atoms with E-state index in [4.69, 9.17) is 10.2 Å². The van der Waals surface area contributed by atoms with E-state index in [9.17, 15) is 14.0 Å². The molecule has 0 aliphatic carbocycles. The summed E-state index contributed by atoms with van der Waals surface area (Å²) in [7, 11) is 0. The molecule has 0 saturated carbocycles. The van der Waals surface area contributed by atoms with Crippen molar-refractivity contribution < 1.29 is 14.6 Å². The summed E-state index contributed by atoms with van der Waals surface area (Å²) in [5, 5.41) is 17.0. The van der Waals surface area contributed by atoms with Crippen LogP contribution < -0.4 is 11.2 Å². The zero-order valence-electron chi connectivity index (χ0n) is 6.45. The smallest absolute Gasteiger partial charge is 0.330 e. The number of hydrogen-bond donors (Lipinski definition) is 3. The van der Waals surface area contributed by atoms with Crippen LogP contribution >= 0.6 is 0 Å². The molecule has 1 aromatic heterocycles. The standard InChI is InChI=1S/C6H7FN2O4/c7-4-3(1-10)8-6(13)9(2-11)5(4)12/h10-11H,1-2H2,(H,8,13). The second-order valence-electron chi connectivity index (χ2n) is 2.26. The van der Waals surface area contributed by atoms with Crippen molar-refractivity contribution in [2.45, 2.75) is 13.3 Å². The molecule has 1 heterocycles. The lowest BCUT2D eigenvalue weighted by atomic mass is 10.4. The normalized spacial score (nSPS) is 10.4. The van der Waals surface area contributed by atoms with Crippen LogP contribution in [0.25, 0.3) is 0 Å². The van der Waals surface area contributed by atoms with Gasteiger partial charge in [0.25, 0.3) is 5.56 Å². The highest BCUT2D eigenvalue weighted by Gasteiger charge is 2.11. The molecule has 0 spiro atoms. The number of aliphatic hydroxyl groups excluding tert-OH is 2. The fraction of sp³-hybridized carbons (Fsp3) is 0.333. The zero-order chi connectivity index (χ0) is 10.0. The van der Waals surface area contributed by atoms with Crippen LogP contribution in [0, 0.1) is 5.82 Å². The molecule has 0 aliphatic rings. The van der Waals surface area contributed by atoms with Gasteiger partial charge < -0.3 is 15.2 Å². The second kappa shape index (κ2) is 3.50. The Balaban J connectivity index is 3.56. The van der Waals surface area contributed by atoms with Crippen LogP contribution in [0.5, 0.6) is 0 Å². The van der Waals surface area contributed by atoms with E-state index in [0.717, 1.165) is 0 Å². The number of rotatable bonds is 2. The first-order valence-corrected chi connectivity index (χ1v) is 3.35. The Morgan fingerprint density at radius 3 is 2.46 bits per heavy atom. The van der Waals surface area contributed by atoms with E-state index in [0.29, 0.717) is 0 Å². The molecule has 0 fully saturated rings. The molecule has 6 nitrogen and oxygen atoms in total. The SMILES string of the molecule is O=c1[nH]c(CO)c(F)c(=O)n1CO. The molecular weight excluding hydrogens is 183 g/mol. The number of aromatic amines is 1. The molecule has 0 radical (unpaired) electrons. The van der Waals surface area contributed by atoms with E-state index in [2.05, 4.69) is 0 Å². The van der Waals surface area contributed by atoms with Crippen molar-refractivity contribution in [2.75, 3.05) is 0 Å². The van der Waals surface area contributed by atoms with Crippen molar-refractivity contribution in [2.24, 2.45) is 0 Å². The first-order valence-electron chi connectivity index (χ1n) is 3.35. The minimum absolute atomic E-state index is 0.272. The van der Waals surface area contributed by atoms with Crippen molar-refractivity contribution in [3.63, 3.8) is 0 Å². The second-order valence-corrected chi connectivity index (χ2v) is 2.26. The first kappa shape index (κ1) is 9.62. The quantitative estimate of drug-likeness (QED) is 0.508. The van der Waals surface area contributed by atoms with Crippen LogP contribution in [0.15, 0.2) is 9.59 Å². The van der Waals surface area contributed by atoms with Crippen molar-refractivity contribution >= 4 is 0 Å². The molecule has 1 aromatic rings. The summed E-state index contributed by atoms with van der Waals surface area (Å²) in [5.74, 6) is -1.27. The number of aliphatic hydroxyl groups is 2. The summed E-state index contributed by atoms with van der Waals surface area (Å²) in [6, 6.07) is 0. The third-order valence-electron chi connectivity index (χ3n) is 1.50. The van der Waals surface area contributed by atoms with Gasteiger partial charge in [-0.3, -0.25) is 4.79 Å². The number of nitrogens with one attached hydrogen (secondary N) is 1. The number of nitrogens with zero attached hydrogens (tertiary/aromatic N) is 1. The molecule has 1 rings (SSSR count). The van der Waals surface area contributed by atoms with Gasteiger partial charge in [0.1, 0.15) is 6.73 Å². The lowest BCUT2D eigenvalue weighted by Gasteiger charge is -2.02. The Hall–Kier alpha value is -1.47. The van der Waals surface area contributed by atoms with Crippen LogP contribution in [0.4, 0.5) is 4.39 Å². The van der Waals surface area contributed by atoms with Gasteiger partial charge in [0.15, 0.2) is 0 Å². The number of H-pyrrole nitrogens is 1. The Morgan fingerprint density at radius 1 is 1.38 bits per heavy atom. The Labute approximate surface area is 70.9 Å². The Bertz CT molecular complexity index is 422. The third kappa shape index (κ3) is 1.51. The van der Waals surface area contributed by atoms with E-state index >= 15 is 0 Å². The minimum Gasteiger partial charge on any atom is -0.390 e. The fourth-order valence-electron chi connectivity index (χ4n) is 0.829. The molecule has 0 atom stereocenters. The topological polar surface area (TPSA) is 95.3 Å². The fourth-order valence-corrected chi connectivity index (χ4v) is 0.829. The molecule has 3 N–H and O–H groups in total. The maximum absolute atomic E-state index is 12.9. The molecule has 72 valence electrons. The maximum atomic E-state index is 12.9. The molecule has 7 heteroatoms. The van der Waals surface area contributed by atoms with Gasteiger partial charge in [-0.15, -0.1) is 0 Å². The third-order valence-corrected chi connectivity index (χ3v) is 1.50. The van der Waals surface area contributed by atoms with Gasteiger partial charge in [-0.05, 0) is 0 Å². The largest absolute Gasteiger partial charge is 0.390 e. The predicted octanol–water partition coefficient (Wildman–Crippen LogP) is -1.88. The maximum Gasteiger partial charge on any atom is 0.330 e. The lowest BCUT2D eigenvalue weighted by Crippen LogP contribution is -2.38. The van der Waals surface area contributed by atoms with Gasteiger partial charge in [-0.25, -0.2) is 9.36 Å². The summed E-state index contributed by atoms with van der Waals surface area (Å²) in [6.07, 6.45) is 0. The van der Waals surface area contributed by atoms with Gasteiger partial charge in [-0.2, -0.15) is 4.39 Å². The molecule has 0 bridgehead atoms. The summed E-state index contributed by atoms with van der Waals surface area (Å²) < 4.78 is 13.1. The van der Waals surface area contributed by atoms with E-state index in [1.165, 1.54) is 0 Å². The van der Waals surface area contributed by atoms with Crippen molar-refractivity contribution in [1.29, 1.82) is 0 Å². The molecule has 0 aliphatic heterocycles. The van der Waals surface area contributed by atoms with Crippen LogP contribution in [-0.4, -0.2) is 19.8 Å². The van der Waals surface area contributed by atoms with Crippen molar-refractivity contribution in [3.05, 3.63) is 32.3 Å². The summed E-state index contributed by atoms with van der Waals surface area (Å²) >= 11 is 0. The summed E-state index contributed by atoms with van der Waals surface area (Å²) in [5.41, 5.74) is -2.70. The highest BCUT2D eigenvalue weighted by atomic mass is 19.1. The van der Waals surface area contributed by atoms with Gasteiger partial charge in [0.05, 0.1) is 12.3 Å².